The number of rotatable bonds is 3. The van der Waals surface area contributed by atoms with Crippen LogP contribution in [0.25, 0.3) is 11.3 Å². The molecule has 18 heavy (non-hydrogen) atoms. The van der Waals surface area contributed by atoms with Crippen LogP contribution in [0.5, 0.6) is 0 Å². The number of hydrogen-bond acceptors (Lipinski definition) is 6. The summed E-state index contributed by atoms with van der Waals surface area (Å²) in [6.07, 6.45) is 0. The fourth-order valence-corrected chi connectivity index (χ4v) is 2.13. The van der Waals surface area contributed by atoms with Gasteiger partial charge < -0.3 is 9.18 Å². The molecule has 88 valence electrons. The van der Waals surface area contributed by atoms with Gasteiger partial charge in [0.2, 0.25) is 11.7 Å². The van der Waals surface area contributed by atoms with E-state index in [0.717, 1.165) is 10.4 Å². The van der Waals surface area contributed by atoms with Gasteiger partial charge >= 0.3 is 8.05 Å². The van der Waals surface area contributed by atoms with Crippen molar-refractivity contribution in [2.75, 3.05) is 0 Å². The topological polar surface area (TPSA) is 71.9 Å². The van der Waals surface area contributed by atoms with Gasteiger partial charge in [0.1, 0.15) is 11.6 Å². The van der Waals surface area contributed by atoms with Crippen LogP contribution in [0.4, 0.5) is 0 Å². The summed E-state index contributed by atoms with van der Waals surface area (Å²) in [7, 11) is 5.21. The van der Waals surface area contributed by atoms with E-state index in [1.807, 2.05) is 18.4 Å². The molecule has 2 heterocycles. The lowest BCUT2D eigenvalue weighted by molar-refractivity contribution is 0.388. The molecule has 0 N–H and O–H groups in total. The van der Waals surface area contributed by atoms with E-state index in [4.69, 9.17) is 17.2 Å². The summed E-state index contributed by atoms with van der Waals surface area (Å²) in [5.41, 5.74) is 1.01. The SMILES string of the molecule is [B]OC(=C(C#N)c1csc(C)c1)c1noc(C)n1. The summed E-state index contributed by atoms with van der Waals surface area (Å²) in [5, 5.41) is 14.8. The average Bonchev–Trinajstić information content (AvgIpc) is 2.95. The van der Waals surface area contributed by atoms with Crippen LogP contribution < -0.4 is 0 Å². The smallest absolute Gasteiger partial charge is 0.374 e. The minimum Gasteiger partial charge on any atom is -0.564 e. The van der Waals surface area contributed by atoms with Crippen molar-refractivity contribution in [2.24, 2.45) is 0 Å². The number of hydrogen-bond donors (Lipinski definition) is 0. The summed E-state index contributed by atoms with van der Waals surface area (Å²) in [5.74, 6) is 0.640. The molecule has 0 unspecified atom stereocenters. The molecule has 0 atom stereocenters. The highest BCUT2D eigenvalue weighted by atomic mass is 32.1. The molecule has 0 spiro atoms. The molecule has 7 heteroatoms. The number of nitrogens with zero attached hydrogens (tertiary/aromatic N) is 3. The van der Waals surface area contributed by atoms with E-state index in [2.05, 4.69) is 16.2 Å². The van der Waals surface area contributed by atoms with Gasteiger partial charge in [0.25, 0.3) is 0 Å². The van der Waals surface area contributed by atoms with E-state index in [-0.39, 0.29) is 17.2 Å². The second kappa shape index (κ2) is 5.06. The molecule has 2 aromatic heterocycles. The van der Waals surface area contributed by atoms with E-state index in [0.29, 0.717) is 5.89 Å². The van der Waals surface area contributed by atoms with Gasteiger partial charge in [-0.1, -0.05) is 5.16 Å². The average molecular weight is 257 g/mol. The Morgan fingerprint density at radius 3 is 2.78 bits per heavy atom. The van der Waals surface area contributed by atoms with Gasteiger partial charge in [-0.15, -0.1) is 11.3 Å². The Balaban J connectivity index is 2.56. The first-order valence-corrected chi connectivity index (χ1v) is 5.91. The van der Waals surface area contributed by atoms with Crippen LogP contribution in [0, 0.1) is 25.2 Å². The molecular formula is C11H8BN3O2S. The Morgan fingerprint density at radius 2 is 2.33 bits per heavy atom. The van der Waals surface area contributed by atoms with Gasteiger partial charge in [0.15, 0.2) is 5.76 Å². The third-order valence-electron chi connectivity index (χ3n) is 2.21. The number of aryl methyl sites for hydroxylation is 2. The molecule has 0 bridgehead atoms. The molecule has 2 rings (SSSR count). The predicted molar refractivity (Wildman–Crippen MR) is 67.4 cm³/mol. The van der Waals surface area contributed by atoms with Crippen molar-refractivity contribution in [3.63, 3.8) is 0 Å². The third kappa shape index (κ3) is 2.29. The van der Waals surface area contributed by atoms with Gasteiger partial charge in [0, 0.05) is 17.4 Å². The highest BCUT2D eigenvalue weighted by molar-refractivity contribution is 7.10. The number of nitriles is 1. The van der Waals surface area contributed by atoms with Crippen LogP contribution in [0.3, 0.4) is 0 Å². The second-order valence-electron chi connectivity index (χ2n) is 3.52. The van der Waals surface area contributed by atoms with Gasteiger partial charge in [-0.05, 0) is 18.4 Å². The Morgan fingerprint density at radius 1 is 1.56 bits per heavy atom. The molecular weight excluding hydrogens is 249 g/mol. The first-order chi connectivity index (χ1) is 8.65. The van der Waals surface area contributed by atoms with Crippen LogP contribution in [-0.2, 0) is 4.65 Å². The molecule has 0 fully saturated rings. The number of allylic oxidation sites excluding steroid dienone is 1. The number of thiophene rings is 1. The molecule has 2 radical (unpaired) electrons. The molecule has 0 aliphatic heterocycles. The maximum Gasteiger partial charge on any atom is 0.374 e. The Labute approximate surface area is 109 Å². The van der Waals surface area contributed by atoms with E-state index in [1.54, 1.807) is 6.92 Å². The quantitative estimate of drug-likeness (QED) is 0.479. The molecule has 0 aliphatic carbocycles. The van der Waals surface area contributed by atoms with Gasteiger partial charge in [0.05, 0.1) is 0 Å². The Hall–Kier alpha value is -2.07. The summed E-state index contributed by atoms with van der Waals surface area (Å²) in [6.45, 7) is 3.59. The van der Waals surface area contributed by atoms with Crippen molar-refractivity contribution in [3.05, 3.63) is 33.6 Å². The van der Waals surface area contributed by atoms with Crippen molar-refractivity contribution in [2.45, 2.75) is 13.8 Å². The van der Waals surface area contributed by atoms with E-state index < -0.39 is 0 Å². The van der Waals surface area contributed by atoms with E-state index in [1.165, 1.54) is 11.3 Å². The summed E-state index contributed by atoms with van der Waals surface area (Å²) >= 11 is 1.53. The van der Waals surface area contributed by atoms with Crippen LogP contribution in [0.15, 0.2) is 16.0 Å². The molecule has 0 aliphatic rings. The van der Waals surface area contributed by atoms with Gasteiger partial charge in [-0.2, -0.15) is 10.2 Å². The maximum absolute atomic E-state index is 9.23. The minimum absolute atomic E-state index is 0.104. The highest BCUT2D eigenvalue weighted by Crippen LogP contribution is 2.27. The molecule has 2 aromatic rings. The lowest BCUT2D eigenvalue weighted by Crippen LogP contribution is -1.96. The first-order valence-electron chi connectivity index (χ1n) is 5.03. The fraction of sp³-hybridized carbons (Fsp3) is 0.182. The van der Waals surface area contributed by atoms with Crippen LogP contribution in [0.2, 0.25) is 0 Å². The zero-order valence-electron chi connectivity index (χ0n) is 9.80. The zero-order valence-corrected chi connectivity index (χ0v) is 10.6. The van der Waals surface area contributed by atoms with Crippen molar-refractivity contribution >= 4 is 30.7 Å². The normalized spacial score (nSPS) is 11.8. The Bertz CT molecular complexity index is 639. The van der Waals surface area contributed by atoms with Crippen molar-refractivity contribution in [3.8, 4) is 6.07 Å². The monoisotopic (exact) mass is 257 g/mol. The van der Waals surface area contributed by atoms with Crippen LogP contribution >= 0.6 is 11.3 Å². The molecule has 0 saturated heterocycles. The predicted octanol–water partition coefficient (Wildman–Crippen LogP) is 2.24. The fourth-order valence-electron chi connectivity index (χ4n) is 1.44. The Kier molecular flexibility index (Phi) is 3.49. The van der Waals surface area contributed by atoms with E-state index in [9.17, 15) is 5.26 Å². The maximum atomic E-state index is 9.23. The van der Waals surface area contributed by atoms with Gasteiger partial charge in [-0.3, -0.25) is 0 Å². The number of aromatic nitrogens is 2. The summed E-state index contributed by atoms with van der Waals surface area (Å²) in [6, 6.07) is 3.92. The third-order valence-corrected chi connectivity index (χ3v) is 3.07. The molecule has 5 nitrogen and oxygen atoms in total. The van der Waals surface area contributed by atoms with Crippen molar-refractivity contribution < 1.29 is 9.18 Å². The van der Waals surface area contributed by atoms with Crippen molar-refractivity contribution in [1.82, 2.24) is 10.1 Å². The lowest BCUT2D eigenvalue weighted by Gasteiger charge is -2.04. The summed E-state index contributed by atoms with van der Waals surface area (Å²) in [4.78, 5) is 5.08. The first kappa shape index (κ1) is 12.4. The van der Waals surface area contributed by atoms with Gasteiger partial charge in [-0.25, -0.2) is 0 Å². The zero-order chi connectivity index (χ0) is 13.1. The van der Waals surface area contributed by atoms with E-state index >= 15 is 0 Å². The lowest BCUT2D eigenvalue weighted by atomic mass is 10.1. The van der Waals surface area contributed by atoms with Crippen LogP contribution in [0.1, 0.15) is 22.2 Å². The van der Waals surface area contributed by atoms with Crippen molar-refractivity contribution in [1.29, 1.82) is 5.26 Å². The standard InChI is InChI=1S/C11H8BN3O2S/c1-6-3-8(5-18-6)9(4-13)10(16-12)11-14-7(2)17-15-11/h3,5H,1-2H3. The largest absolute Gasteiger partial charge is 0.564 e. The summed E-state index contributed by atoms with van der Waals surface area (Å²) < 4.78 is 9.59. The van der Waals surface area contributed by atoms with Crippen LogP contribution in [-0.4, -0.2) is 18.2 Å². The second-order valence-corrected chi connectivity index (χ2v) is 4.63. The molecule has 0 saturated carbocycles. The molecule has 0 aromatic carbocycles. The minimum atomic E-state index is 0.104. The molecule has 0 amide bonds. The highest BCUT2D eigenvalue weighted by Gasteiger charge is 2.17.